The van der Waals surface area contributed by atoms with Gasteiger partial charge in [0.15, 0.2) is 0 Å². The maximum atomic E-state index is 14.1. The van der Waals surface area contributed by atoms with Crippen molar-refractivity contribution in [3.05, 3.63) is 72.7 Å². The third kappa shape index (κ3) is 8.30. The van der Waals surface area contributed by atoms with Gasteiger partial charge in [-0.15, -0.1) is 0 Å². The third-order valence-electron chi connectivity index (χ3n) is 5.34. The van der Waals surface area contributed by atoms with Crippen molar-refractivity contribution in [3.63, 3.8) is 0 Å². The molecule has 196 valence electrons. The van der Waals surface area contributed by atoms with Gasteiger partial charge in [0, 0.05) is 48.9 Å². The zero-order valence-corrected chi connectivity index (χ0v) is 22.1. The van der Waals surface area contributed by atoms with E-state index in [1.54, 1.807) is 17.0 Å². The number of nitrogens with zero attached hydrogens (tertiary/aromatic N) is 3. The number of rotatable bonds is 6. The predicted octanol–water partition coefficient (Wildman–Crippen LogP) is 4.44. The van der Waals surface area contributed by atoms with Crippen LogP contribution < -0.4 is 0 Å². The van der Waals surface area contributed by atoms with Crippen LogP contribution in [0.2, 0.25) is 0 Å². The van der Waals surface area contributed by atoms with E-state index in [2.05, 4.69) is 57.9 Å². The van der Waals surface area contributed by atoms with E-state index < -0.39 is 17.5 Å². The number of amides is 2. The summed E-state index contributed by atoms with van der Waals surface area (Å²) in [5, 5.41) is 0.111. The van der Waals surface area contributed by atoms with E-state index in [-0.39, 0.29) is 29.9 Å². The molecule has 2 amide bonds. The molecule has 0 saturated carbocycles. The maximum absolute atomic E-state index is 14.1. The monoisotopic (exact) mass is 498 g/mol. The second-order valence-corrected chi connectivity index (χ2v) is 8.44. The standard InChI is InChI=1S/C21H20FN3O3.C4H11N.C3H8/c1-3-6-14(4-2)20(27)24-9-11-25(12-10-24)21(28)19(26)15-13-23-17-8-5-7-16(22)18(15)17;1-4-5(2)3;1-3-2/h3-8,13,23H,1-2,9-12H2;4H2,1-3H3;3H2,1-2H3/b14-6+;;. The number of aromatic amines is 1. The third-order valence-corrected chi connectivity index (χ3v) is 5.34. The largest absolute Gasteiger partial charge is 0.360 e. The Balaban J connectivity index is 0.000000709. The van der Waals surface area contributed by atoms with Crippen LogP contribution >= 0.6 is 0 Å². The number of allylic oxidation sites excluding steroid dienone is 2. The molecule has 1 aromatic carbocycles. The minimum atomic E-state index is -0.769. The van der Waals surface area contributed by atoms with Gasteiger partial charge in [0.05, 0.1) is 5.56 Å². The molecular formula is C28H39FN4O3. The lowest BCUT2D eigenvalue weighted by Crippen LogP contribution is -2.52. The second kappa shape index (κ2) is 15.5. The van der Waals surface area contributed by atoms with Crippen LogP contribution in [-0.2, 0) is 9.59 Å². The van der Waals surface area contributed by atoms with Crippen molar-refractivity contribution in [3.8, 4) is 0 Å². The van der Waals surface area contributed by atoms with E-state index >= 15 is 0 Å². The van der Waals surface area contributed by atoms with Gasteiger partial charge < -0.3 is 19.7 Å². The van der Waals surface area contributed by atoms with Crippen molar-refractivity contribution < 1.29 is 18.8 Å². The number of piperazine rings is 1. The van der Waals surface area contributed by atoms with Crippen LogP contribution in [-0.4, -0.2) is 84.1 Å². The summed E-state index contributed by atoms with van der Waals surface area (Å²) in [4.78, 5) is 45.6. The van der Waals surface area contributed by atoms with E-state index in [9.17, 15) is 18.8 Å². The van der Waals surface area contributed by atoms with Gasteiger partial charge >= 0.3 is 0 Å². The lowest BCUT2D eigenvalue weighted by atomic mass is 10.1. The van der Waals surface area contributed by atoms with Crippen LogP contribution in [0.5, 0.6) is 0 Å². The number of carbonyl (C=O) groups excluding carboxylic acids is 3. The fourth-order valence-corrected chi connectivity index (χ4v) is 3.23. The van der Waals surface area contributed by atoms with E-state index in [0.29, 0.717) is 24.2 Å². The molecule has 7 nitrogen and oxygen atoms in total. The van der Waals surface area contributed by atoms with E-state index in [1.165, 1.54) is 41.8 Å². The summed E-state index contributed by atoms with van der Waals surface area (Å²) in [6.07, 6.45) is 7.14. The number of H-pyrrole nitrogens is 1. The SMILES string of the molecule is C=C/C=C(\C=C)C(=O)N1CCN(C(=O)C(=O)c2c[nH]c3cccc(F)c23)CC1.CCC.CCN(C)C. The molecule has 36 heavy (non-hydrogen) atoms. The zero-order valence-electron chi connectivity index (χ0n) is 22.1. The molecule has 0 radical (unpaired) electrons. The van der Waals surface area contributed by atoms with Crippen LogP contribution in [0.4, 0.5) is 4.39 Å². The molecule has 1 aliphatic heterocycles. The molecule has 1 aromatic heterocycles. The Morgan fingerprint density at radius 2 is 1.56 bits per heavy atom. The van der Waals surface area contributed by atoms with Gasteiger partial charge in [0.2, 0.25) is 0 Å². The number of fused-ring (bicyclic) bond motifs is 1. The second-order valence-electron chi connectivity index (χ2n) is 8.44. The quantitative estimate of drug-likeness (QED) is 0.276. The van der Waals surface area contributed by atoms with Gasteiger partial charge in [-0.25, -0.2) is 4.39 Å². The van der Waals surface area contributed by atoms with E-state index in [0.717, 1.165) is 6.54 Å². The molecular weight excluding hydrogens is 459 g/mol. The van der Waals surface area contributed by atoms with Gasteiger partial charge in [-0.05, 0) is 32.8 Å². The van der Waals surface area contributed by atoms with Crippen molar-refractivity contribution in [1.82, 2.24) is 19.7 Å². The molecule has 1 N–H and O–H groups in total. The van der Waals surface area contributed by atoms with Crippen LogP contribution in [0.3, 0.4) is 0 Å². The Morgan fingerprint density at radius 3 is 2.03 bits per heavy atom. The first-order valence-electron chi connectivity index (χ1n) is 12.1. The minimum Gasteiger partial charge on any atom is -0.360 e. The predicted molar refractivity (Wildman–Crippen MR) is 144 cm³/mol. The Kier molecular flexibility index (Phi) is 13.1. The highest BCUT2D eigenvalue weighted by Gasteiger charge is 2.30. The summed E-state index contributed by atoms with van der Waals surface area (Å²) < 4.78 is 14.1. The molecule has 0 spiro atoms. The normalized spacial score (nSPS) is 13.4. The van der Waals surface area contributed by atoms with Gasteiger partial charge in [-0.2, -0.15) is 0 Å². The number of aromatic nitrogens is 1. The topological polar surface area (TPSA) is 76.7 Å². The Morgan fingerprint density at radius 1 is 1.03 bits per heavy atom. The minimum absolute atomic E-state index is 0.0134. The first-order valence-corrected chi connectivity index (χ1v) is 12.1. The molecule has 3 rings (SSSR count). The average molecular weight is 499 g/mol. The zero-order chi connectivity index (χ0) is 27.3. The number of halogens is 1. The summed E-state index contributed by atoms with van der Waals surface area (Å²) >= 11 is 0. The van der Waals surface area contributed by atoms with Gasteiger partial charge in [-0.1, -0.05) is 64.6 Å². The molecule has 2 aromatic rings. The lowest BCUT2D eigenvalue weighted by molar-refractivity contribution is -0.134. The van der Waals surface area contributed by atoms with E-state index in [4.69, 9.17) is 0 Å². The van der Waals surface area contributed by atoms with Crippen LogP contribution in [0.15, 0.2) is 61.4 Å². The Labute approximate surface area is 213 Å². The molecule has 0 bridgehead atoms. The van der Waals surface area contributed by atoms with Gasteiger partial charge in [0.25, 0.3) is 17.6 Å². The molecule has 1 saturated heterocycles. The summed E-state index contributed by atoms with van der Waals surface area (Å²) in [5.41, 5.74) is 0.886. The molecule has 2 heterocycles. The number of benzene rings is 1. The highest BCUT2D eigenvalue weighted by molar-refractivity contribution is 6.44. The smallest absolute Gasteiger partial charge is 0.295 e. The number of ketones is 1. The van der Waals surface area contributed by atoms with Crippen LogP contribution in [0, 0.1) is 5.82 Å². The number of hydrogen-bond acceptors (Lipinski definition) is 4. The van der Waals surface area contributed by atoms with Crippen molar-refractivity contribution in [2.45, 2.75) is 27.2 Å². The fraction of sp³-hybridized carbons (Fsp3) is 0.393. The Hall–Kier alpha value is -3.52. The summed E-state index contributed by atoms with van der Waals surface area (Å²) in [6.45, 7) is 15.7. The molecule has 0 atom stereocenters. The van der Waals surface area contributed by atoms with Crippen molar-refractivity contribution in [2.75, 3.05) is 46.8 Å². The van der Waals surface area contributed by atoms with E-state index in [1.807, 2.05) is 0 Å². The molecule has 8 heteroatoms. The number of hydrogen-bond donors (Lipinski definition) is 1. The number of Topliss-reactive ketones (excluding diaryl/α,β-unsaturated/α-hetero) is 1. The van der Waals surface area contributed by atoms with Crippen LogP contribution in [0.1, 0.15) is 37.6 Å². The lowest BCUT2D eigenvalue weighted by Gasteiger charge is -2.34. The van der Waals surface area contributed by atoms with Crippen molar-refractivity contribution >= 4 is 28.5 Å². The highest BCUT2D eigenvalue weighted by atomic mass is 19.1. The molecule has 1 fully saturated rings. The van der Waals surface area contributed by atoms with Gasteiger partial charge in [-0.3, -0.25) is 14.4 Å². The fourth-order valence-electron chi connectivity index (χ4n) is 3.23. The first-order chi connectivity index (χ1) is 17.2. The maximum Gasteiger partial charge on any atom is 0.295 e. The average Bonchev–Trinajstić information content (AvgIpc) is 3.32. The van der Waals surface area contributed by atoms with Crippen molar-refractivity contribution in [1.29, 1.82) is 0 Å². The summed E-state index contributed by atoms with van der Waals surface area (Å²) in [7, 11) is 4.11. The van der Waals surface area contributed by atoms with Crippen molar-refractivity contribution in [2.24, 2.45) is 0 Å². The highest BCUT2D eigenvalue weighted by Crippen LogP contribution is 2.22. The Bertz CT molecular complexity index is 1080. The first kappa shape index (κ1) is 30.5. The summed E-state index contributed by atoms with van der Waals surface area (Å²) in [6, 6.07) is 4.41. The number of carbonyl (C=O) groups is 3. The molecule has 1 aliphatic rings. The molecule has 0 unspecified atom stereocenters. The molecule has 0 aliphatic carbocycles. The summed E-state index contributed by atoms with van der Waals surface area (Å²) in [5.74, 6) is -2.24. The number of nitrogens with one attached hydrogen (secondary N) is 1. The van der Waals surface area contributed by atoms with Crippen LogP contribution in [0.25, 0.3) is 10.9 Å². The van der Waals surface area contributed by atoms with Gasteiger partial charge in [0.1, 0.15) is 5.82 Å².